The third kappa shape index (κ3) is 8.17. The topological polar surface area (TPSA) is 129 Å². The fraction of sp³-hybridized carbons (Fsp3) is 0.257. The Bertz CT molecular complexity index is 1620. The third-order valence-corrected chi connectivity index (χ3v) is 7.25. The first-order valence-corrected chi connectivity index (χ1v) is 14.7. The predicted octanol–water partition coefficient (Wildman–Crippen LogP) is 7.01. The first kappa shape index (κ1) is 31.1. The number of rotatable bonds is 10. The molecule has 4 aromatic rings. The summed E-state index contributed by atoms with van der Waals surface area (Å²) in [5.74, 6) is 0.775. The number of nitro benzene ring substituents is 1. The van der Waals surface area contributed by atoms with Crippen molar-refractivity contribution >= 4 is 17.9 Å². The first-order valence-electron chi connectivity index (χ1n) is 14.7. The highest BCUT2D eigenvalue weighted by Gasteiger charge is 2.29. The van der Waals surface area contributed by atoms with Crippen LogP contribution in [0.5, 0.6) is 11.5 Å². The van der Waals surface area contributed by atoms with E-state index in [1.54, 1.807) is 0 Å². The van der Waals surface area contributed by atoms with E-state index in [1.807, 2.05) is 69.3 Å². The number of benzene rings is 4. The van der Waals surface area contributed by atoms with Crippen molar-refractivity contribution in [2.45, 2.75) is 44.8 Å². The van der Waals surface area contributed by atoms with E-state index in [0.29, 0.717) is 6.42 Å². The Hall–Kier alpha value is -5.38. The summed E-state index contributed by atoms with van der Waals surface area (Å²) in [6, 6.07) is 28.4. The van der Waals surface area contributed by atoms with Gasteiger partial charge in [0.2, 0.25) is 0 Å². The largest absolute Gasteiger partial charge is 0.488 e. The van der Waals surface area contributed by atoms with Crippen LogP contribution in [0, 0.1) is 10.1 Å². The highest BCUT2D eigenvalue weighted by atomic mass is 16.6. The molecule has 0 bridgehead atoms. The zero-order valence-corrected chi connectivity index (χ0v) is 25.3. The van der Waals surface area contributed by atoms with Crippen LogP contribution >= 0.6 is 0 Å². The molecular weight excluding hydrogens is 574 g/mol. The second-order valence-electron chi connectivity index (χ2n) is 11.8. The molecule has 10 heteroatoms. The summed E-state index contributed by atoms with van der Waals surface area (Å²) in [4.78, 5) is 36.0. The second-order valence-corrected chi connectivity index (χ2v) is 11.8. The molecule has 0 radical (unpaired) electrons. The minimum atomic E-state index is -0.767. The Kier molecular flexibility index (Phi) is 9.32. The number of carbonyl (C=O) groups is 2. The Morgan fingerprint density at radius 1 is 0.822 bits per heavy atom. The summed E-state index contributed by atoms with van der Waals surface area (Å²) in [5.41, 5.74) is 4.93. The Balaban J connectivity index is 1.23. The normalized spacial score (nSPS) is 12.8. The molecule has 0 spiro atoms. The lowest BCUT2D eigenvalue weighted by molar-refractivity contribution is -0.384. The van der Waals surface area contributed by atoms with Gasteiger partial charge < -0.3 is 24.8 Å². The maximum absolute atomic E-state index is 13.1. The van der Waals surface area contributed by atoms with Gasteiger partial charge in [-0.05, 0) is 79.3 Å². The van der Waals surface area contributed by atoms with Gasteiger partial charge in [-0.2, -0.15) is 0 Å². The van der Waals surface area contributed by atoms with Gasteiger partial charge in [0.15, 0.2) is 0 Å². The van der Waals surface area contributed by atoms with E-state index in [1.165, 1.54) is 24.3 Å². The predicted molar refractivity (Wildman–Crippen MR) is 170 cm³/mol. The molecule has 0 aliphatic heterocycles. The number of amides is 2. The Labute approximate surface area is 261 Å². The molecule has 1 aliphatic rings. The third-order valence-electron chi connectivity index (χ3n) is 7.25. The summed E-state index contributed by atoms with van der Waals surface area (Å²) >= 11 is 0. The molecule has 4 aromatic carbocycles. The van der Waals surface area contributed by atoms with Crippen LogP contribution in [0.1, 0.15) is 43.4 Å². The zero-order chi connectivity index (χ0) is 32.0. The summed E-state index contributed by atoms with van der Waals surface area (Å²) in [5, 5.41) is 16.5. The number of hydrogen-bond acceptors (Lipinski definition) is 7. The van der Waals surface area contributed by atoms with E-state index >= 15 is 0 Å². The molecule has 0 unspecified atom stereocenters. The number of alkyl carbamates (subject to hydrolysis) is 1. The van der Waals surface area contributed by atoms with E-state index in [0.717, 1.165) is 33.6 Å². The van der Waals surface area contributed by atoms with Gasteiger partial charge in [-0.3, -0.25) is 10.1 Å². The van der Waals surface area contributed by atoms with E-state index < -0.39 is 23.2 Å². The summed E-state index contributed by atoms with van der Waals surface area (Å²) in [6.07, 6.45) is -0.991. The molecule has 0 saturated carbocycles. The fourth-order valence-corrected chi connectivity index (χ4v) is 5.30. The smallest absolute Gasteiger partial charge is 0.412 e. The van der Waals surface area contributed by atoms with Crippen LogP contribution in [-0.2, 0) is 11.2 Å². The highest BCUT2D eigenvalue weighted by molar-refractivity contribution is 5.79. The minimum Gasteiger partial charge on any atom is -0.488 e. The lowest BCUT2D eigenvalue weighted by Gasteiger charge is -2.22. The van der Waals surface area contributed by atoms with Crippen LogP contribution in [0.2, 0.25) is 0 Å². The Morgan fingerprint density at radius 3 is 1.98 bits per heavy atom. The van der Waals surface area contributed by atoms with Gasteiger partial charge in [0.1, 0.15) is 23.7 Å². The second kappa shape index (κ2) is 13.5. The molecule has 5 rings (SSSR count). The number of hydrogen-bond donors (Lipinski definition) is 2. The van der Waals surface area contributed by atoms with E-state index in [4.69, 9.17) is 14.2 Å². The highest BCUT2D eigenvalue weighted by Crippen LogP contribution is 2.44. The number of fused-ring (bicyclic) bond motifs is 3. The van der Waals surface area contributed by atoms with Crippen molar-refractivity contribution in [1.29, 1.82) is 0 Å². The number of nitro groups is 1. The van der Waals surface area contributed by atoms with E-state index in [2.05, 4.69) is 34.9 Å². The minimum absolute atomic E-state index is 0.0379. The fourth-order valence-electron chi connectivity index (χ4n) is 5.30. The van der Waals surface area contributed by atoms with Crippen LogP contribution in [0.25, 0.3) is 11.1 Å². The number of carbonyl (C=O) groups excluding carboxylic acids is 2. The summed E-state index contributed by atoms with van der Waals surface area (Å²) in [7, 11) is 0. The van der Waals surface area contributed by atoms with Crippen molar-refractivity contribution in [1.82, 2.24) is 10.6 Å². The van der Waals surface area contributed by atoms with Gasteiger partial charge in [0, 0.05) is 24.6 Å². The molecular formula is C35H35N3O7. The van der Waals surface area contributed by atoms with Crippen LogP contribution in [-0.4, -0.2) is 41.9 Å². The molecule has 0 heterocycles. The van der Waals surface area contributed by atoms with E-state index in [9.17, 15) is 19.7 Å². The molecule has 232 valence electrons. The SMILES string of the molecule is CC(C)(C)Oc1ccc(C[C@@H](CNC(=O)Oc2ccc([N+](=O)[O-])cc2)NC(=O)OCC2c3ccccc3-c3ccccc32)cc1. The van der Waals surface area contributed by atoms with Crippen molar-refractivity contribution in [2.24, 2.45) is 0 Å². The van der Waals surface area contributed by atoms with Crippen molar-refractivity contribution in [3.8, 4) is 22.6 Å². The molecule has 1 atom stereocenters. The number of nitrogens with one attached hydrogen (secondary N) is 2. The van der Waals surface area contributed by atoms with Gasteiger partial charge in [0.25, 0.3) is 5.69 Å². The van der Waals surface area contributed by atoms with Crippen LogP contribution in [0.4, 0.5) is 15.3 Å². The van der Waals surface area contributed by atoms with Crippen LogP contribution < -0.4 is 20.1 Å². The lowest BCUT2D eigenvalue weighted by Crippen LogP contribution is -2.46. The Morgan fingerprint density at radius 2 is 1.40 bits per heavy atom. The van der Waals surface area contributed by atoms with Crippen molar-refractivity contribution in [3.05, 3.63) is 124 Å². The molecule has 10 nitrogen and oxygen atoms in total. The van der Waals surface area contributed by atoms with Gasteiger partial charge in [0.05, 0.1) is 11.0 Å². The number of nitrogens with zero attached hydrogens (tertiary/aromatic N) is 1. The van der Waals surface area contributed by atoms with Crippen LogP contribution in [0.3, 0.4) is 0 Å². The average molecular weight is 610 g/mol. The molecule has 1 aliphatic carbocycles. The molecule has 45 heavy (non-hydrogen) atoms. The van der Waals surface area contributed by atoms with Gasteiger partial charge in [-0.1, -0.05) is 60.7 Å². The molecule has 2 N–H and O–H groups in total. The van der Waals surface area contributed by atoms with Gasteiger partial charge in [-0.25, -0.2) is 9.59 Å². The van der Waals surface area contributed by atoms with Crippen molar-refractivity contribution < 1.29 is 28.7 Å². The molecule has 2 amide bonds. The van der Waals surface area contributed by atoms with Crippen LogP contribution in [0.15, 0.2) is 97.1 Å². The quantitative estimate of drug-likeness (QED) is 0.146. The first-order chi connectivity index (χ1) is 21.6. The summed E-state index contributed by atoms with van der Waals surface area (Å²) < 4.78 is 16.9. The lowest BCUT2D eigenvalue weighted by atomic mass is 9.98. The van der Waals surface area contributed by atoms with E-state index in [-0.39, 0.29) is 36.1 Å². The molecule has 0 aromatic heterocycles. The average Bonchev–Trinajstić information content (AvgIpc) is 3.33. The molecule has 0 saturated heterocycles. The van der Waals surface area contributed by atoms with Gasteiger partial charge >= 0.3 is 12.2 Å². The van der Waals surface area contributed by atoms with Crippen molar-refractivity contribution in [3.63, 3.8) is 0 Å². The zero-order valence-electron chi connectivity index (χ0n) is 25.3. The van der Waals surface area contributed by atoms with Crippen molar-refractivity contribution in [2.75, 3.05) is 13.2 Å². The van der Waals surface area contributed by atoms with Gasteiger partial charge in [-0.15, -0.1) is 0 Å². The maximum Gasteiger partial charge on any atom is 0.412 e. The molecule has 0 fully saturated rings. The summed E-state index contributed by atoms with van der Waals surface area (Å²) in [6.45, 7) is 6.10. The maximum atomic E-state index is 13.1. The number of non-ortho nitro benzene ring substituents is 1. The number of ether oxygens (including phenoxy) is 3. The standard InChI is InChI=1S/C35H35N3O7/c1-35(2,3)45-27-16-12-23(13-17-27)20-24(21-36-33(39)44-26-18-14-25(15-19-26)38(41)42)37-34(40)43-22-32-30-10-6-4-8-28(30)29-9-5-7-11-31(29)32/h4-19,24,32H,20-22H2,1-3H3,(H,36,39)(H,37,40)/t24-/m0/s1. The monoisotopic (exact) mass is 609 g/mol.